The summed E-state index contributed by atoms with van der Waals surface area (Å²) in [4.78, 5) is 34.7. The van der Waals surface area contributed by atoms with Gasteiger partial charge in [-0.2, -0.15) is 0 Å². The first-order chi connectivity index (χ1) is 15.5. The SMILES string of the molecule is CCCOc1ccc(C2=C(N3CC(C)CC(C)C3)C(=O)N(Cc3ccncc3)C2=O)cc1. The van der Waals surface area contributed by atoms with Crippen molar-refractivity contribution in [1.82, 2.24) is 14.8 Å². The summed E-state index contributed by atoms with van der Waals surface area (Å²) in [6, 6.07) is 11.2. The van der Waals surface area contributed by atoms with Crippen molar-refractivity contribution in [3.05, 3.63) is 65.6 Å². The Morgan fingerprint density at radius 3 is 2.25 bits per heavy atom. The van der Waals surface area contributed by atoms with E-state index < -0.39 is 0 Å². The molecule has 0 saturated carbocycles. The van der Waals surface area contributed by atoms with E-state index in [-0.39, 0.29) is 18.4 Å². The Balaban J connectivity index is 1.70. The molecule has 168 valence electrons. The number of benzene rings is 1. The highest BCUT2D eigenvalue weighted by atomic mass is 16.5. The molecule has 6 nitrogen and oxygen atoms in total. The predicted octanol–water partition coefficient (Wildman–Crippen LogP) is 4.13. The van der Waals surface area contributed by atoms with Crippen LogP contribution >= 0.6 is 0 Å². The van der Waals surface area contributed by atoms with Crippen LogP contribution in [-0.4, -0.2) is 46.3 Å². The molecule has 0 N–H and O–H groups in total. The van der Waals surface area contributed by atoms with Crippen molar-refractivity contribution in [3.8, 4) is 5.75 Å². The molecule has 1 fully saturated rings. The lowest BCUT2D eigenvalue weighted by atomic mass is 9.91. The highest BCUT2D eigenvalue weighted by Gasteiger charge is 2.42. The topological polar surface area (TPSA) is 62.7 Å². The van der Waals surface area contributed by atoms with E-state index in [4.69, 9.17) is 4.74 Å². The minimum absolute atomic E-state index is 0.213. The van der Waals surface area contributed by atoms with Crippen molar-refractivity contribution >= 4 is 17.4 Å². The van der Waals surface area contributed by atoms with Crippen LogP contribution in [-0.2, 0) is 16.1 Å². The lowest BCUT2D eigenvalue weighted by molar-refractivity contribution is -0.138. The number of imide groups is 1. The number of hydrogen-bond donors (Lipinski definition) is 0. The summed E-state index contributed by atoms with van der Waals surface area (Å²) in [5, 5.41) is 0. The normalized spacial score (nSPS) is 21.5. The zero-order valence-electron chi connectivity index (χ0n) is 19.1. The molecule has 0 radical (unpaired) electrons. The van der Waals surface area contributed by atoms with E-state index in [0.29, 0.717) is 29.7 Å². The minimum atomic E-state index is -0.241. The van der Waals surface area contributed by atoms with Crippen molar-refractivity contribution in [1.29, 1.82) is 0 Å². The number of amides is 2. The molecule has 1 saturated heterocycles. The number of likely N-dealkylation sites (tertiary alicyclic amines) is 1. The van der Waals surface area contributed by atoms with Crippen LogP contribution in [0.4, 0.5) is 0 Å². The van der Waals surface area contributed by atoms with E-state index in [1.807, 2.05) is 36.4 Å². The molecule has 1 aromatic carbocycles. The Hall–Kier alpha value is -3.15. The minimum Gasteiger partial charge on any atom is -0.494 e. The average Bonchev–Trinajstić information content (AvgIpc) is 3.03. The third-order valence-electron chi connectivity index (χ3n) is 6.03. The monoisotopic (exact) mass is 433 g/mol. The number of carbonyl (C=O) groups excluding carboxylic acids is 2. The summed E-state index contributed by atoms with van der Waals surface area (Å²) in [7, 11) is 0. The number of rotatable bonds is 7. The number of pyridine rings is 1. The van der Waals surface area contributed by atoms with Gasteiger partial charge in [-0.3, -0.25) is 19.5 Å². The summed E-state index contributed by atoms with van der Waals surface area (Å²) in [5.41, 5.74) is 2.66. The van der Waals surface area contributed by atoms with Crippen LogP contribution in [0.3, 0.4) is 0 Å². The van der Waals surface area contributed by atoms with Crippen LogP contribution in [0.15, 0.2) is 54.5 Å². The van der Waals surface area contributed by atoms with Gasteiger partial charge in [0.2, 0.25) is 0 Å². The third kappa shape index (κ3) is 4.54. The van der Waals surface area contributed by atoms with Gasteiger partial charge in [0.15, 0.2) is 0 Å². The Kier molecular flexibility index (Phi) is 6.58. The molecule has 0 aliphatic carbocycles. The van der Waals surface area contributed by atoms with Crippen LogP contribution in [0.25, 0.3) is 5.57 Å². The van der Waals surface area contributed by atoms with Crippen molar-refractivity contribution < 1.29 is 14.3 Å². The first-order valence-electron chi connectivity index (χ1n) is 11.5. The second-order valence-corrected chi connectivity index (χ2v) is 9.00. The number of nitrogens with zero attached hydrogens (tertiary/aromatic N) is 3. The number of carbonyl (C=O) groups is 2. The highest BCUT2D eigenvalue weighted by molar-refractivity contribution is 6.35. The second kappa shape index (κ2) is 9.55. The third-order valence-corrected chi connectivity index (χ3v) is 6.03. The predicted molar refractivity (Wildman–Crippen MR) is 123 cm³/mol. The number of hydrogen-bond acceptors (Lipinski definition) is 5. The molecule has 32 heavy (non-hydrogen) atoms. The van der Waals surface area contributed by atoms with Crippen LogP contribution < -0.4 is 4.74 Å². The number of piperidine rings is 1. The van der Waals surface area contributed by atoms with Gasteiger partial charge in [0.05, 0.1) is 18.7 Å². The van der Waals surface area contributed by atoms with Gasteiger partial charge in [-0.05, 0) is 60.1 Å². The fraction of sp³-hybridized carbons (Fsp3) is 0.423. The van der Waals surface area contributed by atoms with Crippen molar-refractivity contribution in [3.63, 3.8) is 0 Å². The molecule has 2 unspecified atom stereocenters. The lowest BCUT2D eigenvalue weighted by Crippen LogP contribution is -2.41. The average molecular weight is 434 g/mol. The first kappa shape index (κ1) is 22.1. The van der Waals surface area contributed by atoms with Crippen LogP contribution in [0.2, 0.25) is 0 Å². The maximum atomic E-state index is 13.6. The fourth-order valence-corrected chi connectivity index (χ4v) is 4.71. The molecule has 0 bridgehead atoms. The van der Waals surface area contributed by atoms with E-state index in [1.54, 1.807) is 12.4 Å². The number of ether oxygens (including phenoxy) is 1. The van der Waals surface area contributed by atoms with E-state index in [2.05, 4.69) is 30.7 Å². The Labute approximate surface area is 189 Å². The maximum absolute atomic E-state index is 13.6. The smallest absolute Gasteiger partial charge is 0.278 e. The van der Waals surface area contributed by atoms with Gasteiger partial charge >= 0.3 is 0 Å². The molecular formula is C26H31N3O3. The van der Waals surface area contributed by atoms with Crippen molar-refractivity contribution in [2.24, 2.45) is 11.8 Å². The molecule has 2 aliphatic rings. The summed E-state index contributed by atoms with van der Waals surface area (Å²) in [6.45, 7) is 8.92. The van der Waals surface area contributed by atoms with Gasteiger partial charge in [-0.15, -0.1) is 0 Å². The molecule has 0 spiro atoms. The van der Waals surface area contributed by atoms with Crippen molar-refractivity contribution in [2.75, 3.05) is 19.7 Å². The van der Waals surface area contributed by atoms with E-state index >= 15 is 0 Å². The van der Waals surface area contributed by atoms with Gasteiger partial charge in [0, 0.05) is 25.5 Å². The number of aromatic nitrogens is 1. The lowest BCUT2D eigenvalue weighted by Gasteiger charge is -2.37. The Bertz CT molecular complexity index is 991. The summed E-state index contributed by atoms with van der Waals surface area (Å²) in [5.74, 6) is 1.25. The summed E-state index contributed by atoms with van der Waals surface area (Å²) < 4.78 is 5.70. The van der Waals surface area contributed by atoms with E-state index in [0.717, 1.165) is 42.8 Å². The first-order valence-corrected chi connectivity index (χ1v) is 11.5. The summed E-state index contributed by atoms with van der Waals surface area (Å²) in [6.07, 6.45) is 5.42. The zero-order chi connectivity index (χ0) is 22.7. The molecule has 3 heterocycles. The van der Waals surface area contributed by atoms with Gasteiger partial charge in [-0.25, -0.2) is 0 Å². The molecule has 6 heteroatoms. The van der Waals surface area contributed by atoms with Gasteiger partial charge in [0.25, 0.3) is 11.8 Å². The van der Waals surface area contributed by atoms with E-state index in [9.17, 15) is 9.59 Å². The quantitative estimate of drug-likeness (QED) is 0.615. The van der Waals surface area contributed by atoms with Crippen LogP contribution in [0, 0.1) is 11.8 Å². The standard InChI is InChI=1S/C26H31N3O3/c1-4-13-32-22-7-5-21(6-8-22)23-24(28-15-18(2)14-19(3)16-28)26(31)29(25(23)30)17-20-9-11-27-12-10-20/h5-12,18-19H,4,13-17H2,1-3H3. The van der Waals surface area contributed by atoms with Gasteiger partial charge in [0.1, 0.15) is 11.4 Å². The molecular weight excluding hydrogens is 402 g/mol. The molecule has 2 amide bonds. The largest absolute Gasteiger partial charge is 0.494 e. The van der Waals surface area contributed by atoms with Crippen LogP contribution in [0.1, 0.15) is 44.7 Å². The highest BCUT2D eigenvalue weighted by Crippen LogP contribution is 2.36. The molecule has 2 aromatic rings. The van der Waals surface area contributed by atoms with Crippen molar-refractivity contribution in [2.45, 2.75) is 40.2 Å². The maximum Gasteiger partial charge on any atom is 0.278 e. The zero-order valence-corrected chi connectivity index (χ0v) is 19.1. The molecule has 4 rings (SSSR count). The Morgan fingerprint density at radius 2 is 1.62 bits per heavy atom. The molecule has 1 aromatic heterocycles. The van der Waals surface area contributed by atoms with Gasteiger partial charge in [-0.1, -0.05) is 32.9 Å². The fourth-order valence-electron chi connectivity index (χ4n) is 4.71. The summed E-state index contributed by atoms with van der Waals surface area (Å²) >= 11 is 0. The molecule has 2 atom stereocenters. The molecule has 2 aliphatic heterocycles. The van der Waals surface area contributed by atoms with Crippen LogP contribution in [0.5, 0.6) is 5.75 Å². The van der Waals surface area contributed by atoms with Gasteiger partial charge < -0.3 is 9.64 Å². The Morgan fingerprint density at radius 1 is 0.969 bits per heavy atom. The second-order valence-electron chi connectivity index (χ2n) is 9.00. The van der Waals surface area contributed by atoms with E-state index in [1.165, 1.54) is 4.90 Å².